The highest BCUT2D eigenvalue weighted by Gasteiger charge is 2.26. The van der Waals surface area contributed by atoms with Crippen molar-refractivity contribution in [1.82, 2.24) is 24.1 Å². The van der Waals surface area contributed by atoms with E-state index in [-0.39, 0.29) is 6.04 Å². The number of pyridine rings is 1. The van der Waals surface area contributed by atoms with Crippen LogP contribution in [0.1, 0.15) is 30.1 Å². The van der Waals surface area contributed by atoms with Gasteiger partial charge in [0, 0.05) is 31.9 Å². The van der Waals surface area contributed by atoms with E-state index in [1.165, 1.54) is 17.0 Å². The van der Waals surface area contributed by atoms with E-state index in [4.69, 9.17) is 5.26 Å². The van der Waals surface area contributed by atoms with Gasteiger partial charge in [0.25, 0.3) is 0 Å². The predicted molar refractivity (Wildman–Crippen MR) is 103 cm³/mol. The molecule has 3 aromatic heterocycles. The maximum Gasteiger partial charge on any atom is 0.318 e. The van der Waals surface area contributed by atoms with Crippen LogP contribution in [0.15, 0.2) is 34.1 Å². The molecule has 0 spiro atoms. The molecule has 142 valence electrons. The van der Waals surface area contributed by atoms with Gasteiger partial charge in [-0.05, 0) is 31.9 Å². The highest BCUT2D eigenvalue weighted by molar-refractivity contribution is 5.71. The molecule has 0 aromatic carbocycles. The molecule has 1 fully saturated rings. The van der Waals surface area contributed by atoms with Crippen molar-refractivity contribution < 1.29 is 0 Å². The van der Waals surface area contributed by atoms with E-state index >= 15 is 0 Å². The number of nitrogens with zero attached hydrogens (tertiary/aromatic N) is 7. The van der Waals surface area contributed by atoms with E-state index in [1.54, 1.807) is 11.6 Å². The van der Waals surface area contributed by atoms with Gasteiger partial charge >= 0.3 is 11.1 Å². The van der Waals surface area contributed by atoms with E-state index in [0.29, 0.717) is 48.6 Å². The smallest absolute Gasteiger partial charge is 0.318 e. The van der Waals surface area contributed by atoms with Gasteiger partial charge in [0.2, 0.25) is 5.95 Å². The van der Waals surface area contributed by atoms with Crippen LogP contribution < -0.4 is 16.0 Å². The summed E-state index contributed by atoms with van der Waals surface area (Å²) in [6.07, 6.45) is 4.34. The van der Waals surface area contributed by atoms with Crippen LogP contribution in [0.2, 0.25) is 0 Å². The van der Waals surface area contributed by atoms with Crippen LogP contribution in [0.3, 0.4) is 0 Å². The van der Waals surface area contributed by atoms with Crippen molar-refractivity contribution in [1.29, 1.82) is 5.26 Å². The standard InChI is InChI=1S/C19H19N7O2/c1-12-3-4-15-16(23-12)26(18(28)17(27)24(15)2)14-5-7-25(8-6-14)19-21-10-13(9-20)11-22-19/h3-4,10-11,14H,5-8H2,1-2H3. The molecule has 0 saturated carbocycles. The van der Waals surface area contributed by atoms with Crippen molar-refractivity contribution in [3.63, 3.8) is 0 Å². The zero-order valence-corrected chi connectivity index (χ0v) is 15.7. The molecule has 28 heavy (non-hydrogen) atoms. The predicted octanol–water partition coefficient (Wildman–Crippen LogP) is 0.907. The number of piperidine rings is 1. The topological polar surface area (TPSA) is 110 Å². The van der Waals surface area contributed by atoms with Crippen molar-refractivity contribution in [2.75, 3.05) is 18.0 Å². The zero-order chi connectivity index (χ0) is 19.8. The Balaban J connectivity index is 1.67. The first-order chi connectivity index (χ1) is 13.5. The third-order valence-electron chi connectivity index (χ3n) is 5.17. The Bertz CT molecular complexity index is 1200. The van der Waals surface area contributed by atoms with E-state index in [0.717, 1.165) is 5.69 Å². The molecule has 0 amide bonds. The molecule has 1 saturated heterocycles. The molecule has 4 heterocycles. The van der Waals surface area contributed by atoms with Crippen molar-refractivity contribution in [2.45, 2.75) is 25.8 Å². The molecule has 0 aliphatic carbocycles. The summed E-state index contributed by atoms with van der Waals surface area (Å²) < 4.78 is 2.92. The third-order valence-corrected chi connectivity index (χ3v) is 5.17. The van der Waals surface area contributed by atoms with Gasteiger partial charge in [0.15, 0.2) is 5.65 Å². The Morgan fingerprint density at radius 1 is 1.11 bits per heavy atom. The number of aryl methyl sites for hydroxylation is 2. The number of aromatic nitrogens is 5. The van der Waals surface area contributed by atoms with Gasteiger partial charge in [-0.3, -0.25) is 14.2 Å². The van der Waals surface area contributed by atoms with Gasteiger partial charge < -0.3 is 9.47 Å². The number of rotatable bonds is 2. The first-order valence-electron chi connectivity index (χ1n) is 9.05. The summed E-state index contributed by atoms with van der Waals surface area (Å²) >= 11 is 0. The first-order valence-corrected chi connectivity index (χ1v) is 9.05. The van der Waals surface area contributed by atoms with Crippen LogP contribution in [0, 0.1) is 18.3 Å². The molecule has 9 nitrogen and oxygen atoms in total. The normalized spacial score (nSPS) is 15.0. The second-order valence-electron chi connectivity index (χ2n) is 6.94. The van der Waals surface area contributed by atoms with Crippen LogP contribution in [0.5, 0.6) is 0 Å². The molecule has 0 radical (unpaired) electrons. The van der Waals surface area contributed by atoms with Crippen LogP contribution in [-0.4, -0.2) is 37.2 Å². The molecular formula is C19H19N7O2. The molecule has 0 atom stereocenters. The second-order valence-corrected chi connectivity index (χ2v) is 6.94. The number of nitriles is 1. The molecule has 3 aromatic rings. The van der Waals surface area contributed by atoms with Crippen molar-refractivity contribution in [3.05, 3.63) is 56.5 Å². The SMILES string of the molecule is Cc1ccc2c(n1)n(C1CCN(c3ncc(C#N)cn3)CC1)c(=O)c(=O)n2C. The molecule has 9 heteroatoms. The van der Waals surface area contributed by atoms with Gasteiger partial charge in [0.05, 0.1) is 23.5 Å². The Hall–Kier alpha value is -3.54. The van der Waals surface area contributed by atoms with E-state index < -0.39 is 11.1 Å². The minimum absolute atomic E-state index is 0.118. The fourth-order valence-corrected chi connectivity index (χ4v) is 3.63. The number of hydrogen-bond donors (Lipinski definition) is 0. The maximum absolute atomic E-state index is 12.8. The highest BCUT2D eigenvalue weighted by atomic mass is 16.2. The zero-order valence-electron chi connectivity index (χ0n) is 15.7. The summed E-state index contributed by atoms with van der Waals surface area (Å²) in [6.45, 7) is 3.15. The average molecular weight is 377 g/mol. The summed E-state index contributed by atoms with van der Waals surface area (Å²) in [7, 11) is 1.60. The summed E-state index contributed by atoms with van der Waals surface area (Å²) in [6, 6.07) is 5.55. The minimum Gasteiger partial charge on any atom is -0.341 e. The van der Waals surface area contributed by atoms with E-state index in [2.05, 4.69) is 15.0 Å². The van der Waals surface area contributed by atoms with Gasteiger partial charge in [-0.2, -0.15) is 5.26 Å². The quantitative estimate of drug-likeness (QED) is 0.610. The summed E-state index contributed by atoms with van der Waals surface area (Å²) in [5.74, 6) is 0.563. The largest absolute Gasteiger partial charge is 0.341 e. The average Bonchev–Trinajstić information content (AvgIpc) is 2.73. The first kappa shape index (κ1) is 17.9. The van der Waals surface area contributed by atoms with Gasteiger partial charge in [0.1, 0.15) is 6.07 Å². The number of anilines is 1. The van der Waals surface area contributed by atoms with Gasteiger partial charge in [-0.1, -0.05) is 0 Å². The molecule has 0 unspecified atom stereocenters. The summed E-state index contributed by atoms with van der Waals surface area (Å²) in [5, 5.41) is 8.86. The molecule has 4 rings (SSSR count). The molecule has 0 bridgehead atoms. The Kier molecular flexibility index (Phi) is 4.39. The van der Waals surface area contributed by atoms with Crippen molar-refractivity contribution >= 4 is 17.1 Å². The van der Waals surface area contributed by atoms with E-state index in [9.17, 15) is 9.59 Å². The van der Waals surface area contributed by atoms with Crippen molar-refractivity contribution in [3.8, 4) is 6.07 Å². The Morgan fingerprint density at radius 3 is 2.43 bits per heavy atom. The monoisotopic (exact) mass is 377 g/mol. The lowest BCUT2D eigenvalue weighted by Gasteiger charge is -2.33. The van der Waals surface area contributed by atoms with E-state index in [1.807, 2.05) is 30.0 Å². The fourth-order valence-electron chi connectivity index (χ4n) is 3.63. The van der Waals surface area contributed by atoms with Crippen LogP contribution in [0.25, 0.3) is 11.2 Å². The number of fused-ring (bicyclic) bond motifs is 1. The lowest BCUT2D eigenvalue weighted by Crippen LogP contribution is -2.45. The third kappa shape index (κ3) is 2.93. The highest BCUT2D eigenvalue weighted by Crippen LogP contribution is 2.25. The second kappa shape index (κ2) is 6.88. The molecule has 0 N–H and O–H groups in total. The van der Waals surface area contributed by atoms with Crippen LogP contribution in [-0.2, 0) is 7.05 Å². The van der Waals surface area contributed by atoms with Gasteiger partial charge in [-0.15, -0.1) is 0 Å². The minimum atomic E-state index is -0.545. The van der Waals surface area contributed by atoms with Gasteiger partial charge in [-0.25, -0.2) is 15.0 Å². The molecule has 1 aliphatic heterocycles. The lowest BCUT2D eigenvalue weighted by atomic mass is 10.0. The Morgan fingerprint density at radius 2 is 1.79 bits per heavy atom. The number of hydrogen-bond acceptors (Lipinski definition) is 7. The lowest BCUT2D eigenvalue weighted by molar-refractivity contribution is 0.389. The summed E-state index contributed by atoms with van der Waals surface area (Å²) in [5.41, 5.74) is 1.31. The molecule has 1 aliphatic rings. The Labute approximate surface area is 160 Å². The van der Waals surface area contributed by atoms with Crippen LogP contribution >= 0.6 is 0 Å². The summed E-state index contributed by atoms with van der Waals surface area (Å²) in [4.78, 5) is 40.2. The fraction of sp³-hybridized carbons (Fsp3) is 0.368. The maximum atomic E-state index is 12.8. The van der Waals surface area contributed by atoms with Crippen molar-refractivity contribution in [2.24, 2.45) is 7.05 Å². The molecular weight excluding hydrogens is 358 g/mol. The van der Waals surface area contributed by atoms with Crippen LogP contribution in [0.4, 0.5) is 5.95 Å².